The van der Waals surface area contributed by atoms with Gasteiger partial charge in [0.05, 0.1) is 0 Å². The number of carbonyl (C=O) groups excluding carboxylic acids is 2. The van der Waals surface area contributed by atoms with Crippen molar-refractivity contribution in [2.75, 3.05) is 5.75 Å². The maximum atomic E-state index is 11.5. The van der Waals surface area contributed by atoms with Crippen LogP contribution in [-0.2, 0) is 24.4 Å². The number of esters is 2. The van der Waals surface area contributed by atoms with E-state index in [2.05, 4.69) is 11.7 Å². The molecule has 0 aromatic carbocycles. The fourth-order valence-corrected chi connectivity index (χ4v) is 3.41. The fourth-order valence-electron chi connectivity index (χ4n) is 2.82. The van der Waals surface area contributed by atoms with E-state index in [0.717, 1.165) is 19.3 Å². The first-order valence-electron chi connectivity index (χ1n) is 10.2. The van der Waals surface area contributed by atoms with E-state index in [1.165, 1.54) is 57.8 Å². The largest absolute Gasteiger partial charge is 1.00 e. The molecule has 0 saturated heterocycles. The van der Waals surface area contributed by atoms with Crippen LogP contribution in [0.15, 0.2) is 0 Å². The third-order valence-corrected chi connectivity index (χ3v) is 5.17. The van der Waals surface area contributed by atoms with Crippen molar-refractivity contribution in [2.45, 2.75) is 103 Å². The molecule has 0 heterocycles. The molecular formula is C19H38NNaO6S. The van der Waals surface area contributed by atoms with Crippen LogP contribution in [0.4, 0.5) is 0 Å². The van der Waals surface area contributed by atoms with Gasteiger partial charge >= 0.3 is 41.5 Å². The molecule has 0 aliphatic rings. The van der Waals surface area contributed by atoms with Crippen molar-refractivity contribution in [3.8, 4) is 0 Å². The van der Waals surface area contributed by atoms with Crippen molar-refractivity contribution < 1.29 is 58.3 Å². The Hall–Kier alpha value is 0.01000. The Morgan fingerprint density at radius 3 is 1.68 bits per heavy atom. The molecule has 0 unspecified atom stereocenters. The molecule has 3 N–H and O–H groups in total. The van der Waals surface area contributed by atoms with Gasteiger partial charge in [-0.1, -0.05) is 84.0 Å². The molecule has 0 aliphatic heterocycles. The van der Waals surface area contributed by atoms with Gasteiger partial charge in [0.15, 0.2) is 0 Å². The molecule has 7 nitrogen and oxygen atoms in total. The predicted molar refractivity (Wildman–Crippen MR) is 107 cm³/mol. The van der Waals surface area contributed by atoms with Gasteiger partial charge in [0.1, 0.15) is 11.8 Å². The first-order valence-corrected chi connectivity index (χ1v) is 11.8. The fraction of sp³-hybridized carbons (Fsp3) is 0.895. The zero-order chi connectivity index (χ0) is 20.5. The second-order valence-electron chi connectivity index (χ2n) is 7.14. The van der Waals surface area contributed by atoms with Crippen LogP contribution in [-0.4, -0.2) is 36.7 Å². The van der Waals surface area contributed by atoms with Crippen LogP contribution in [0.5, 0.6) is 0 Å². The van der Waals surface area contributed by atoms with Crippen molar-refractivity contribution in [3.63, 3.8) is 0 Å². The van der Waals surface area contributed by atoms with E-state index in [1.54, 1.807) is 0 Å². The summed E-state index contributed by atoms with van der Waals surface area (Å²) in [5, 5.41) is 0. The molecule has 9 heteroatoms. The number of hydrogen-bond donors (Lipinski definition) is 2. The molecule has 0 radical (unpaired) electrons. The first kappa shape index (κ1) is 30.2. The van der Waals surface area contributed by atoms with E-state index in [1.807, 2.05) is 0 Å². The zero-order valence-corrected chi connectivity index (χ0v) is 20.5. The minimum atomic E-state index is -4.38. The third kappa shape index (κ3) is 20.7. The standard InChI is InChI=1S/C19H37NO6S.Na.H/c1-2-3-4-5-6-7-8-9-10-11-12-13-14-15-18(21)26-19(22)17(20)16-27(23,24)25;;/h17H,2-16,20H2,1H3,(H,23,24,25);;/q;+1;-1/t17-;;/m1../s1. The van der Waals surface area contributed by atoms with Gasteiger partial charge < -0.3 is 11.9 Å². The van der Waals surface area contributed by atoms with Crippen LogP contribution in [0.1, 0.15) is 98.2 Å². The van der Waals surface area contributed by atoms with E-state index in [4.69, 9.17) is 10.3 Å². The maximum Gasteiger partial charge on any atom is 1.00 e. The Labute approximate surface area is 194 Å². The summed E-state index contributed by atoms with van der Waals surface area (Å²) < 4.78 is 34.3. The van der Waals surface area contributed by atoms with Crippen molar-refractivity contribution in [1.82, 2.24) is 0 Å². The van der Waals surface area contributed by atoms with Crippen LogP contribution in [0.25, 0.3) is 0 Å². The molecule has 0 aromatic rings. The second-order valence-corrected chi connectivity index (χ2v) is 8.64. The summed E-state index contributed by atoms with van der Waals surface area (Å²) in [6.07, 6.45) is 15.6. The number of ether oxygens (including phenoxy) is 1. The van der Waals surface area contributed by atoms with Crippen molar-refractivity contribution in [2.24, 2.45) is 5.73 Å². The Morgan fingerprint density at radius 2 is 1.29 bits per heavy atom. The topological polar surface area (TPSA) is 124 Å². The van der Waals surface area contributed by atoms with Crippen LogP contribution in [0, 0.1) is 0 Å². The summed E-state index contributed by atoms with van der Waals surface area (Å²) in [6, 6.07) is -1.56. The smallest absolute Gasteiger partial charge is 1.00 e. The molecule has 0 spiro atoms. The van der Waals surface area contributed by atoms with E-state index >= 15 is 0 Å². The number of rotatable bonds is 17. The second kappa shape index (κ2) is 19.0. The summed E-state index contributed by atoms with van der Waals surface area (Å²) in [5.41, 5.74) is 5.26. The Kier molecular flexibility index (Phi) is 20.5. The Balaban J connectivity index is -0.00000338. The SMILES string of the molecule is CCCCCCCCCCCCCCCC(=O)OC(=O)[C@H](N)CS(=O)(=O)O.[H-].[Na+]. The summed E-state index contributed by atoms with van der Waals surface area (Å²) in [7, 11) is -4.38. The van der Waals surface area contributed by atoms with Crippen molar-refractivity contribution in [1.29, 1.82) is 0 Å². The van der Waals surface area contributed by atoms with Gasteiger partial charge in [-0.15, -0.1) is 0 Å². The minimum absolute atomic E-state index is 0. The molecule has 162 valence electrons. The summed E-state index contributed by atoms with van der Waals surface area (Å²) >= 11 is 0. The van der Waals surface area contributed by atoms with Gasteiger partial charge in [0.25, 0.3) is 10.1 Å². The average molecular weight is 432 g/mol. The zero-order valence-electron chi connectivity index (χ0n) is 18.7. The quantitative estimate of drug-likeness (QED) is 0.115. The molecule has 0 fully saturated rings. The first-order chi connectivity index (χ1) is 12.8. The maximum absolute atomic E-state index is 11.5. The number of unbranched alkanes of at least 4 members (excludes halogenated alkanes) is 12. The number of hydrogen-bond acceptors (Lipinski definition) is 6. The van der Waals surface area contributed by atoms with Gasteiger partial charge in [-0.3, -0.25) is 9.35 Å². The molecule has 0 saturated carbocycles. The van der Waals surface area contributed by atoms with E-state index < -0.39 is 33.9 Å². The molecule has 0 bridgehead atoms. The summed E-state index contributed by atoms with van der Waals surface area (Å²) in [6.45, 7) is 2.23. The average Bonchev–Trinajstić information content (AvgIpc) is 2.57. The summed E-state index contributed by atoms with van der Waals surface area (Å²) in [5.74, 6) is -2.81. The summed E-state index contributed by atoms with van der Waals surface area (Å²) in [4.78, 5) is 22.9. The molecule has 0 amide bonds. The Bertz CT molecular complexity index is 519. The molecule has 28 heavy (non-hydrogen) atoms. The predicted octanol–water partition coefficient (Wildman–Crippen LogP) is 0.869. The van der Waals surface area contributed by atoms with Gasteiger partial charge in [-0.2, -0.15) is 8.42 Å². The van der Waals surface area contributed by atoms with E-state index in [-0.39, 0.29) is 37.4 Å². The van der Waals surface area contributed by atoms with Gasteiger partial charge in [0.2, 0.25) is 0 Å². The number of carbonyl (C=O) groups is 2. The van der Waals surface area contributed by atoms with E-state index in [0.29, 0.717) is 6.42 Å². The molecule has 0 aromatic heterocycles. The van der Waals surface area contributed by atoms with Crippen LogP contribution < -0.4 is 35.3 Å². The minimum Gasteiger partial charge on any atom is -1.00 e. The van der Waals surface area contributed by atoms with Crippen LogP contribution >= 0.6 is 0 Å². The molecule has 0 rings (SSSR count). The molecular weight excluding hydrogens is 393 g/mol. The van der Waals surface area contributed by atoms with Crippen LogP contribution in [0.2, 0.25) is 0 Å². The Morgan fingerprint density at radius 1 is 0.893 bits per heavy atom. The van der Waals surface area contributed by atoms with Crippen molar-refractivity contribution in [3.05, 3.63) is 0 Å². The normalized spacial score (nSPS) is 12.2. The number of nitrogens with two attached hydrogens (primary N) is 1. The molecule has 1 atom stereocenters. The van der Waals surface area contributed by atoms with Gasteiger partial charge in [-0.25, -0.2) is 4.79 Å². The third-order valence-electron chi connectivity index (χ3n) is 4.39. The van der Waals surface area contributed by atoms with Gasteiger partial charge in [-0.05, 0) is 6.42 Å². The molecule has 0 aliphatic carbocycles. The van der Waals surface area contributed by atoms with Crippen molar-refractivity contribution >= 4 is 22.1 Å². The van der Waals surface area contributed by atoms with Crippen LogP contribution in [0.3, 0.4) is 0 Å². The monoisotopic (exact) mass is 431 g/mol. The van der Waals surface area contributed by atoms with E-state index in [9.17, 15) is 18.0 Å². The van der Waals surface area contributed by atoms with Gasteiger partial charge in [0, 0.05) is 6.42 Å².